The second kappa shape index (κ2) is 7.40. The van der Waals surface area contributed by atoms with Crippen LogP contribution < -0.4 is 4.72 Å². The first-order chi connectivity index (χ1) is 9.36. The van der Waals surface area contributed by atoms with Crippen molar-refractivity contribution in [1.82, 2.24) is 4.72 Å². The molecule has 0 aliphatic heterocycles. The van der Waals surface area contributed by atoms with Crippen LogP contribution in [0.15, 0.2) is 23.1 Å². The first kappa shape index (κ1) is 16.7. The quantitative estimate of drug-likeness (QED) is 0.617. The summed E-state index contributed by atoms with van der Waals surface area (Å²) in [6, 6.07) is 5.00. The van der Waals surface area contributed by atoms with E-state index >= 15 is 0 Å². The number of hydrogen-bond donors (Lipinski definition) is 1. The Morgan fingerprint density at radius 2 is 1.95 bits per heavy atom. The second-order valence-electron chi connectivity index (χ2n) is 4.55. The second-order valence-corrected chi connectivity index (χ2v) is 6.32. The van der Waals surface area contributed by atoms with Gasteiger partial charge in [0.1, 0.15) is 0 Å². The van der Waals surface area contributed by atoms with Crippen LogP contribution in [-0.4, -0.2) is 27.5 Å². The van der Waals surface area contributed by atoms with Crippen LogP contribution in [0.3, 0.4) is 0 Å². The van der Waals surface area contributed by atoms with Gasteiger partial charge in [0.2, 0.25) is 10.0 Å². The number of sulfonamides is 1. The molecular formula is C14H21NO4S. The van der Waals surface area contributed by atoms with Gasteiger partial charge in [0, 0.05) is 13.0 Å². The summed E-state index contributed by atoms with van der Waals surface area (Å²) in [4.78, 5) is 11.4. The van der Waals surface area contributed by atoms with Crippen molar-refractivity contribution in [3.05, 3.63) is 29.3 Å². The van der Waals surface area contributed by atoms with Gasteiger partial charge in [-0.2, -0.15) is 0 Å². The van der Waals surface area contributed by atoms with Crippen LogP contribution in [0, 0.1) is 13.8 Å². The first-order valence-corrected chi connectivity index (χ1v) is 8.07. The van der Waals surface area contributed by atoms with Gasteiger partial charge < -0.3 is 4.74 Å². The Morgan fingerprint density at radius 1 is 1.25 bits per heavy atom. The Balaban J connectivity index is 2.53. The van der Waals surface area contributed by atoms with Gasteiger partial charge >= 0.3 is 5.97 Å². The number of ether oxygens (including phenoxy) is 1. The minimum Gasteiger partial charge on any atom is -0.466 e. The summed E-state index contributed by atoms with van der Waals surface area (Å²) in [7, 11) is -3.51. The van der Waals surface area contributed by atoms with Gasteiger partial charge in [-0.1, -0.05) is 6.07 Å². The first-order valence-electron chi connectivity index (χ1n) is 6.59. The molecule has 5 nitrogen and oxygen atoms in total. The lowest BCUT2D eigenvalue weighted by Crippen LogP contribution is -2.25. The third-order valence-electron chi connectivity index (χ3n) is 2.94. The molecule has 0 fully saturated rings. The van der Waals surface area contributed by atoms with Gasteiger partial charge in [-0.15, -0.1) is 0 Å². The molecule has 0 unspecified atom stereocenters. The molecule has 0 saturated carbocycles. The third-order valence-corrected chi connectivity index (χ3v) is 4.40. The molecule has 0 atom stereocenters. The van der Waals surface area contributed by atoms with Crippen LogP contribution in [0.5, 0.6) is 0 Å². The number of hydrogen-bond acceptors (Lipinski definition) is 4. The lowest BCUT2D eigenvalue weighted by atomic mass is 10.1. The highest BCUT2D eigenvalue weighted by molar-refractivity contribution is 7.89. The van der Waals surface area contributed by atoms with Gasteiger partial charge in [-0.25, -0.2) is 13.1 Å². The molecule has 20 heavy (non-hydrogen) atoms. The van der Waals surface area contributed by atoms with Crippen molar-refractivity contribution in [2.24, 2.45) is 0 Å². The Labute approximate surface area is 120 Å². The number of aryl methyl sites for hydroxylation is 2. The summed E-state index contributed by atoms with van der Waals surface area (Å²) in [6.45, 7) is 6.09. The molecule has 0 radical (unpaired) electrons. The van der Waals surface area contributed by atoms with Crippen LogP contribution in [0.1, 0.15) is 30.9 Å². The Morgan fingerprint density at radius 3 is 2.55 bits per heavy atom. The van der Waals surface area contributed by atoms with Crippen molar-refractivity contribution in [2.75, 3.05) is 13.2 Å². The third kappa shape index (κ3) is 4.94. The average Bonchev–Trinajstić information content (AvgIpc) is 2.38. The maximum Gasteiger partial charge on any atom is 0.305 e. The number of esters is 1. The Hall–Kier alpha value is -1.40. The fraction of sp³-hybridized carbons (Fsp3) is 0.500. The molecule has 0 saturated heterocycles. The monoisotopic (exact) mass is 299 g/mol. The molecule has 0 aliphatic rings. The fourth-order valence-electron chi connectivity index (χ4n) is 1.64. The minimum atomic E-state index is -3.51. The van der Waals surface area contributed by atoms with Gasteiger partial charge in [0.05, 0.1) is 11.5 Å². The smallest absolute Gasteiger partial charge is 0.305 e. The SMILES string of the molecule is CCOC(=O)CCCNS(=O)(=O)c1ccc(C)c(C)c1. The zero-order valence-corrected chi connectivity index (χ0v) is 12.9. The van der Waals surface area contributed by atoms with E-state index in [1.165, 1.54) is 0 Å². The molecule has 0 amide bonds. The van der Waals surface area contributed by atoms with Gasteiger partial charge in [0.25, 0.3) is 0 Å². The van der Waals surface area contributed by atoms with E-state index in [-0.39, 0.29) is 23.8 Å². The number of nitrogens with one attached hydrogen (secondary N) is 1. The summed E-state index contributed by atoms with van der Waals surface area (Å²) in [6.07, 6.45) is 0.631. The van der Waals surface area contributed by atoms with Crippen LogP contribution in [0.2, 0.25) is 0 Å². The van der Waals surface area contributed by atoms with E-state index in [1.807, 2.05) is 13.8 Å². The number of carbonyl (C=O) groups is 1. The highest BCUT2D eigenvalue weighted by Crippen LogP contribution is 2.14. The molecule has 1 rings (SSSR count). The lowest BCUT2D eigenvalue weighted by molar-refractivity contribution is -0.143. The molecule has 0 spiro atoms. The predicted molar refractivity (Wildman–Crippen MR) is 77.0 cm³/mol. The van der Waals surface area contributed by atoms with E-state index in [9.17, 15) is 13.2 Å². The highest BCUT2D eigenvalue weighted by Gasteiger charge is 2.14. The molecule has 0 bridgehead atoms. The van der Waals surface area contributed by atoms with E-state index in [0.29, 0.717) is 13.0 Å². The fourth-order valence-corrected chi connectivity index (χ4v) is 2.80. The van der Waals surface area contributed by atoms with Gasteiger partial charge in [-0.05, 0) is 50.5 Å². The predicted octanol–water partition coefficient (Wildman–Crippen LogP) is 1.93. The van der Waals surface area contributed by atoms with Crippen LogP contribution in [0.25, 0.3) is 0 Å². The van der Waals surface area contributed by atoms with Crippen molar-refractivity contribution < 1.29 is 17.9 Å². The Bertz CT molecular complexity index is 567. The van der Waals surface area contributed by atoms with E-state index in [0.717, 1.165) is 11.1 Å². The minimum absolute atomic E-state index is 0.212. The van der Waals surface area contributed by atoms with Crippen molar-refractivity contribution >= 4 is 16.0 Å². The van der Waals surface area contributed by atoms with E-state index in [2.05, 4.69) is 4.72 Å². The highest BCUT2D eigenvalue weighted by atomic mass is 32.2. The number of rotatable bonds is 7. The maximum absolute atomic E-state index is 12.0. The summed E-state index contributed by atoms with van der Waals surface area (Å²) in [5, 5.41) is 0. The molecule has 0 aliphatic carbocycles. The number of benzene rings is 1. The standard InChI is InChI=1S/C14H21NO4S/c1-4-19-14(16)6-5-9-15-20(17,18)13-8-7-11(2)12(3)10-13/h7-8,10,15H,4-6,9H2,1-3H3. The lowest BCUT2D eigenvalue weighted by Gasteiger charge is -2.08. The topological polar surface area (TPSA) is 72.5 Å². The van der Waals surface area contributed by atoms with E-state index in [4.69, 9.17) is 4.74 Å². The van der Waals surface area contributed by atoms with E-state index in [1.54, 1.807) is 25.1 Å². The zero-order valence-electron chi connectivity index (χ0n) is 12.1. The largest absolute Gasteiger partial charge is 0.466 e. The summed E-state index contributed by atoms with van der Waals surface area (Å²) in [5.74, 6) is -0.308. The molecule has 1 aromatic rings. The van der Waals surface area contributed by atoms with Crippen LogP contribution in [-0.2, 0) is 19.6 Å². The van der Waals surface area contributed by atoms with Gasteiger partial charge in [0.15, 0.2) is 0 Å². The summed E-state index contributed by atoms with van der Waals surface area (Å²) >= 11 is 0. The summed E-state index contributed by atoms with van der Waals surface area (Å²) in [5.41, 5.74) is 1.98. The van der Waals surface area contributed by atoms with Crippen molar-refractivity contribution in [1.29, 1.82) is 0 Å². The Kier molecular flexibility index (Phi) is 6.16. The average molecular weight is 299 g/mol. The molecule has 1 N–H and O–H groups in total. The van der Waals surface area contributed by atoms with Crippen molar-refractivity contribution in [3.8, 4) is 0 Å². The molecule has 112 valence electrons. The summed E-state index contributed by atoms with van der Waals surface area (Å²) < 4.78 is 31.3. The number of carbonyl (C=O) groups excluding carboxylic acids is 1. The van der Waals surface area contributed by atoms with E-state index < -0.39 is 10.0 Å². The molecule has 1 aromatic carbocycles. The molecular weight excluding hydrogens is 278 g/mol. The molecule has 6 heteroatoms. The normalized spacial score (nSPS) is 11.3. The molecule has 0 aromatic heterocycles. The van der Waals surface area contributed by atoms with Crippen molar-refractivity contribution in [3.63, 3.8) is 0 Å². The van der Waals surface area contributed by atoms with Crippen LogP contribution in [0.4, 0.5) is 0 Å². The van der Waals surface area contributed by atoms with Crippen molar-refractivity contribution in [2.45, 2.75) is 38.5 Å². The maximum atomic E-state index is 12.0. The van der Waals surface area contributed by atoms with Crippen LogP contribution >= 0.6 is 0 Å². The van der Waals surface area contributed by atoms with Gasteiger partial charge in [-0.3, -0.25) is 4.79 Å². The molecule has 0 heterocycles. The zero-order chi connectivity index (χ0) is 15.2.